The zero-order valence-corrected chi connectivity index (χ0v) is 14.9. The van der Waals surface area contributed by atoms with Crippen LogP contribution in [-0.2, 0) is 17.8 Å². The van der Waals surface area contributed by atoms with E-state index in [-0.39, 0.29) is 11.9 Å². The van der Waals surface area contributed by atoms with Gasteiger partial charge in [-0.3, -0.25) is 9.78 Å². The summed E-state index contributed by atoms with van der Waals surface area (Å²) in [4.78, 5) is 29.7. The Morgan fingerprint density at radius 3 is 2.62 bits per heavy atom. The van der Waals surface area contributed by atoms with Gasteiger partial charge in [-0.1, -0.05) is 18.2 Å². The van der Waals surface area contributed by atoms with Crippen molar-refractivity contribution in [1.29, 1.82) is 0 Å². The number of methoxy groups -OCH3 is 1. The van der Waals surface area contributed by atoms with Gasteiger partial charge >= 0.3 is 6.03 Å². The molecule has 2 aromatic rings. The van der Waals surface area contributed by atoms with E-state index in [2.05, 4.69) is 10.3 Å². The van der Waals surface area contributed by atoms with E-state index in [1.165, 1.54) is 0 Å². The van der Waals surface area contributed by atoms with E-state index in [0.717, 1.165) is 22.5 Å². The van der Waals surface area contributed by atoms with E-state index in [4.69, 9.17) is 10.5 Å². The van der Waals surface area contributed by atoms with Crippen LogP contribution in [0.3, 0.4) is 0 Å². The molecule has 1 unspecified atom stereocenters. The fourth-order valence-corrected chi connectivity index (χ4v) is 2.96. The maximum Gasteiger partial charge on any atom is 0.315 e. The van der Waals surface area contributed by atoms with Crippen LogP contribution in [0.15, 0.2) is 36.4 Å². The number of benzene rings is 1. The number of carbonyl (C=O) groups excluding carboxylic acids is 2. The molecule has 0 aliphatic carbocycles. The molecule has 3 rings (SSSR count). The third-order valence-corrected chi connectivity index (χ3v) is 4.32. The van der Waals surface area contributed by atoms with Crippen LogP contribution in [0.25, 0.3) is 11.3 Å². The number of nitrogens with one attached hydrogen (secondary N) is 1. The highest BCUT2D eigenvalue weighted by Crippen LogP contribution is 2.25. The van der Waals surface area contributed by atoms with Crippen LogP contribution in [0.1, 0.15) is 28.5 Å². The largest absolute Gasteiger partial charge is 0.383 e. The Bertz CT molecular complexity index is 820. The highest BCUT2D eigenvalue weighted by Gasteiger charge is 2.23. The van der Waals surface area contributed by atoms with Crippen LogP contribution in [0.5, 0.6) is 0 Å². The molecule has 7 nitrogen and oxygen atoms in total. The van der Waals surface area contributed by atoms with Gasteiger partial charge in [0.25, 0.3) is 5.91 Å². The topological polar surface area (TPSA) is 97.6 Å². The van der Waals surface area contributed by atoms with Gasteiger partial charge in [-0.05, 0) is 30.7 Å². The first-order chi connectivity index (χ1) is 12.5. The molecule has 3 amide bonds. The van der Waals surface area contributed by atoms with Crippen molar-refractivity contribution in [3.05, 3.63) is 53.2 Å². The number of fused-ring (bicyclic) bond motifs is 1. The standard InChI is InChI=1S/C19H22N4O3/c1-12(11-26-2)21-18(24)14-5-3-13(4-6-14)16-8-7-15-9-23(19(20)25)10-17(15)22-16/h3-8,12H,9-11H2,1-2H3,(H2,20,25)(H,21,24). The quantitative estimate of drug-likeness (QED) is 0.857. The third-order valence-electron chi connectivity index (χ3n) is 4.32. The molecule has 1 aromatic heterocycles. The summed E-state index contributed by atoms with van der Waals surface area (Å²) in [7, 11) is 1.60. The lowest BCUT2D eigenvalue weighted by molar-refractivity contribution is 0.0905. The lowest BCUT2D eigenvalue weighted by atomic mass is 10.1. The van der Waals surface area contributed by atoms with Crippen molar-refractivity contribution in [3.8, 4) is 11.3 Å². The Kier molecular flexibility index (Phi) is 5.18. The van der Waals surface area contributed by atoms with Gasteiger partial charge in [0.05, 0.1) is 24.5 Å². The molecule has 0 saturated carbocycles. The van der Waals surface area contributed by atoms with Gasteiger partial charge in [-0.2, -0.15) is 0 Å². The maximum absolute atomic E-state index is 12.2. The number of amides is 3. The number of aromatic nitrogens is 1. The molecule has 136 valence electrons. The number of hydrogen-bond acceptors (Lipinski definition) is 4. The molecule has 0 radical (unpaired) electrons. The molecular weight excluding hydrogens is 332 g/mol. The third kappa shape index (κ3) is 3.83. The first kappa shape index (κ1) is 17.9. The van der Waals surface area contributed by atoms with Crippen molar-refractivity contribution < 1.29 is 14.3 Å². The zero-order chi connectivity index (χ0) is 18.7. The first-order valence-electron chi connectivity index (χ1n) is 8.41. The number of pyridine rings is 1. The highest BCUT2D eigenvalue weighted by molar-refractivity contribution is 5.94. The molecule has 1 aliphatic rings. The van der Waals surface area contributed by atoms with Crippen molar-refractivity contribution in [2.75, 3.05) is 13.7 Å². The summed E-state index contributed by atoms with van der Waals surface area (Å²) >= 11 is 0. The Morgan fingerprint density at radius 1 is 1.23 bits per heavy atom. The molecule has 2 heterocycles. The summed E-state index contributed by atoms with van der Waals surface area (Å²) < 4.78 is 5.02. The monoisotopic (exact) mass is 354 g/mol. The number of nitrogens with two attached hydrogens (primary N) is 1. The minimum absolute atomic E-state index is 0.0567. The molecule has 1 atom stereocenters. The van der Waals surface area contributed by atoms with Gasteiger partial charge in [-0.15, -0.1) is 0 Å². The molecule has 1 aromatic carbocycles. The molecule has 3 N–H and O–H groups in total. The summed E-state index contributed by atoms with van der Waals surface area (Å²) in [6.07, 6.45) is 0. The second kappa shape index (κ2) is 7.53. The Hall–Kier alpha value is -2.93. The number of hydrogen-bond donors (Lipinski definition) is 2. The normalized spacial score (nSPS) is 14.0. The van der Waals surface area contributed by atoms with E-state index in [9.17, 15) is 9.59 Å². The lowest BCUT2D eigenvalue weighted by Gasteiger charge is -2.13. The average molecular weight is 354 g/mol. The van der Waals surface area contributed by atoms with E-state index in [1.807, 2.05) is 31.2 Å². The molecule has 0 saturated heterocycles. The van der Waals surface area contributed by atoms with Crippen LogP contribution in [0, 0.1) is 0 Å². The summed E-state index contributed by atoms with van der Waals surface area (Å²) in [6.45, 7) is 3.28. The fraction of sp³-hybridized carbons (Fsp3) is 0.316. The van der Waals surface area contributed by atoms with Crippen molar-refractivity contribution in [1.82, 2.24) is 15.2 Å². The van der Waals surface area contributed by atoms with Crippen molar-refractivity contribution in [2.24, 2.45) is 5.73 Å². The van der Waals surface area contributed by atoms with Crippen LogP contribution in [0.4, 0.5) is 4.79 Å². The summed E-state index contributed by atoms with van der Waals surface area (Å²) in [5, 5.41) is 2.88. The number of ether oxygens (including phenoxy) is 1. The highest BCUT2D eigenvalue weighted by atomic mass is 16.5. The number of rotatable bonds is 5. The Balaban J connectivity index is 1.73. The summed E-state index contributed by atoms with van der Waals surface area (Å²) in [6, 6.07) is 10.7. The molecule has 0 bridgehead atoms. The van der Waals surface area contributed by atoms with Crippen molar-refractivity contribution in [3.63, 3.8) is 0 Å². The maximum atomic E-state index is 12.2. The van der Waals surface area contributed by atoms with Crippen LogP contribution < -0.4 is 11.1 Å². The van der Waals surface area contributed by atoms with Gasteiger partial charge in [0.15, 0.2) is 0 Å². The number of carbonyl (C=O) groups is 2. The molecule has 1 aliphatic heterocycles. The average Bonchev–Trinajstić information content (AvgIpc) is 3.05. The number of urea groups is 1. The van der Waals surface area contributed by atoms with Gasteiger partial charge in [0, 0.05) is 30.8 Å². The SMILES string of the molecule is COCC(C)NC(=O)c1ccc(-c2ccc3c(n2)CN(C(N)=O)C3)cc1. The Morgan fingerprint density at radius 2 is 1.96 bits per heavy atom. The smallest absolute Gasteiger partial charge is 0.315 e. The molecule has 7 heteroatoms. The van der Waals surface area contributed by atoms with Gasteiger partial charge in [0.2, 0.25) is 0 Å². The van der Waals surface area contributed by atoms with E-state index in [1.54, 1.807) is 24.1 Å². The minimum Gasteiger partial charge on any atom is -0.383 e. The minimum atomic E-state index is -0.442. The van der Waals surface area contributed by atoms with E-state index in [0.29, 0.717) is 25.3 Å². The number of primary amides is 1. The summed E-state index contributed by atoms with van der Waals surface area (Å²) in [5.74, 6) is -0.139. The fourth-order valence-electron chi connectivity index (χ4n) is 2.96. The first-order valence-corrected chi connectivity index (χ1v) is 8.41. The van der Waals surface area contributed by atoms with E-state index < -0.39 is 6.03 Å². The predicted molar refractivity (Wildman–Crippen MR) is 97.3 cm³/mol. The molecule has 0 spiro atoms. The van der Waals surface area contributed by atoms with Gasteiger partial charge in [0.1, 0.15) is 0 Å². The molecular formula is C19H22N4O3. The zero-order valence-electron chi connectivity index (χ0n) is 14.9. The van der Waals surface area contributed by atoms with Crippen LogP contribution >= 0.6 is 0 Å². The van der Waals surface area contributed by atoms with Gasteiger partial charge in [-0.25, -0.2) is 4.79 Å². The molecule has 26 heavy (non-hydrogen) atoms. The predicted octanol–water partition coefficient (Wildman–Crippen LogP) is 1.91. The molecule has 0 fully saturated rings. The lowest BCUT2D eigenvalue weighted by Crippen LogP contribution is -2.35. The Labute approximate surface area is 152 Å². The van der Waals surface area contributed by atoms with Crippen LogP contribution in [0.2, 0.25) is 0 Å². The second-order valence-corrected chi connectivity index (χ2v) is 6.40. The summed E-state index contributed by atoms with van der Waals surface area (Å²) in [5.41, 5.74) is 9.50. The number of nitrogens with zero attached hydrogens (tertiary/aromatic N) is 2. The van der Waals surface area contributed by atoms with Gasteiger partial charge < -0.3 is 20.7 Å². The van der Waals surface area contributed by atoms with Crippen molar-refractivity contribution >= 4 is 11.9 Å². The van der Waals surface area contributed by atoms with E-state index >= 15 is 0 Å². The van der Waals surface area contributed by atoms with Crippen LogP contribution in [-0.4, -0.2) is 41.6 Å². The van der Waals surface area contributed by atoms with Crippen molar-refractivity contribution in [2.45, 2.75) is 26.1 Å². The second-order valence-electron chi connectivity index (χ2n) is 6.40.